The fourth-order valence-corrected chi connectivity index (χ4v) is 2.88. The summed E-state index contributed by atoms with van der Waals surface area (Å²) in [4.78, 5) is 11.1. The Labute approximate surface area is 133 Å². The lowest BCUT2D eigenvalue weighted by Gasteiger charge is -2.13. The lowest BCUT2D eigenvalue weighted by molar-refractivity contribution is -0.116. The number of ether oxygens (including phenoxy) is 2. The van der Waals surface area contributed by atoms with Gasteiger partial charge in [-0.15, -0.1) is 0 Å². The average molecular weight is 349 g/mol. The summed E-state index contributed by atoms with van der Waals surface area (Å²) in [6.07, 6.45) is 0.462. The van der Waals surface area contributed by atoms with Crippen LogP contribution in [0.2, 0.25) is 0 Å². The third-order valence-corrected chi connectivity index (χ3v) is 3.95. The fourth-order valence-electron chi connectivity index (χ4n) is 2.21. The van der Waals surface area contributed by atoms with Crippen LogP contribution in [0.4, 0.5) is 0 Å². The molecule has 2 rings (SSSR count). The molecule has 21 heavy (non-hydrogen) atoms. The molecule has 3 nitrogen and oxygen atoms in total. The monoisotopic (exact) mass is 348 g/mol. The molecule has 0 fully saturated rings. The maximum absolute atomic E-state index is 11.1. The molecule has 0 amide bonds. The molecule has 0 heterocycles. The first-order valence-corrected chi connectivity index (χ1v) is 7.35. The average Bonchev–Trinajstić information content (AvgIpc) is 2.47. The molecule has 2 aromatic carbocycles. The normalized spacial score (nSPS) is 10.3. The molecule has 0 spiro atoms. The summed E-state index contributed by atoms with van der Waals surface area (Å²) < 4.78 is 11.6. The van der Waals surface area contributed by atoms with Gasteiger partial charge in [0.2, 0.25) is 0 Å². The Morgan fingerprint density at radius 3 is 2.24 bits per heavy atom. The molecule has 0 saturated carbocycles. The van der Waals surface area contributed by atoms with E-state index < -0.39 is 0 Å². The summed E-state index contributed by atoms with van der Waals surface area (Å²) in [5.74, 6) is 1.62. The summed E-state index contributed by atoms with van der Waals surface area (Å²) in [5.41, 5.74) is 3.01. The minimum absolute atomic E-state index is 0.160. The Morgan fingerprint density at radius 2 is 1.71 bits per heavy atom. The van der Waals surface area contributed by atoms with Gasteiger partial charge in [0.1, 0.15) is 21.8 Å². The van der Waals surface area contributed by atoms with E-state index in [0.717, 1.165) is 32.7 Å². The van der Waals surface area contributed by atoms with Crippen LogP contribution in [0.3, 0.4) is 0 Å². The first-order valence-electron chi connectivity index (χ1n) is 6.56. The molecular weight excluding hydrogens is 332 g/mol. The Morgan fingerprint density at radius 1 is 1.05 bits per heavy atom. The van der Waals surface area contributed by atoms with Gasteiger partial charge in [-0.25, -0.2) is 0 Å². The molecule has 0 bridgehead atoms. The highest BCUT2D eigenvalue weighted by Crippen LogP contribution is 2.41. The zero-order chi connectivity index (χ0) is 15.4. The molecule has 0 atom stereocenters. The zero-order valence-electron chi connectivity index (χ0n) is 12.3. The SMILES string of the molecule is COc1ccc(-c2ccc(CC(C)=O)cc2)c(OC)c1Br. The standard InChI is InChI=1S/C17H17BrO3/c1-11(19)10-12-4-6-13(7-5-12)14-8-9-15(20-2)16(18)17(14)21-3/h4-9H,10H2,1-3H3. The first-order chi connectivity index (χ1) is 10.1. The highest BCUT2D eigenvalue weighted by atomic mass is 79.9. The van der Waals surface area contributed by atoms with Crippen LogP contribution in [-0.2, 0) is 11.2 Å². The van der Waals surface area contributed by atoms with Crippen molar-refractivity contribution in [3.8, 4) is 22.6 Å². The van der Waals surface area contributed by atoms with Crippen molar-refractivity contribution in [2.75, 3.05) is 14.2 Å². The Balaban J connectivity index is 2.42. The molecule has 0 radical (unpaired) electrons. The van der Waals surface area contributed by atoms with Crippen molar-refractivity contribution in [2.24, 2.45) is 0 Å². The summed E-state index contributed by atoms with van der Waals surface area (Å²) in [7, 11) is 3.25. The van der Waals surface area contributed by atoms with Crippen LogP contribution in [-0.4, -0.2) is 20.0 Å². The van der Waals surface area contributed by atoms with E-state index in [2.05, 4.69) is 15.9 Å². The van der Waals surface area contributed by atoms with Gasteiger partial charge in [-0.05, 0) is 46.1 Å². The third kappa shape index (κ3) is 3.45. The lowest BCUT2D eigenvalue weighted by Crippen LogP contribution is -1.96. The van der Waals surface area contributed by atoms with E-state index >= 15 is 0 Å². The van der Waals surface area contributed by atoms with E-state index in [1.54, 1.807) is 21.1 Å². The minimum Gasteiger partial charge on any atom is -0.495 e. The molecular formula is C17H17BrO3. The van der Waals surface area contributed by atoms with Gasteiger partial charge in [0.15, 0.2) is 0 Å². The second-order valence-electron chi connectivity index (χ2n) is 4.74. The van der Waals surface area contributed by atoms with Gasteiger partial charge >= 0.3 is 0 Å². The van der Waals surface area contributed by atoms with Crippen LogP contribution in [0, 0.1) is 0 Å². The number of hydrogen-bond acceptors (Lipinski definition) is 3. The molecule has 0 unspecified atom stereocenters. The Hall–Kier alpha value is -1.81. The number of hydrogen-bond donors (Lipinski definition) is 0. The largest absolute Gasteiger partial charge is 0.495 e. The van der Waals surface area contributed by atoms with Crippen molar-refractivity contribution in [3.05, 3.63) is 46.4 Å². The summed E-state index contributed by atoms with van der Waals surface area (Å²) in [5, 5.41) is 0. The predicted molar refractivity (Wildman–Crippen MR) is 87.1 cm³/mol. The van der Waals surface area contributed by atoms with E-state index in [9.17, 15) is 4.79 Å². The topological polar surface area (TPSA) is 35.5 Å². The van der Waals surface area contributed by atoms with Crippen LogP contribution >= 0.6 is 15.9 Å². The van der Waals surface area contributed by atoms with Crippen LogP contribution < -0.4 is 9.47 Å². The van der Waals surface area contributed by atoms with Gasteiger partial charge < -0.3 is 9.47 Å². The Kier molecular flexibility index (Phi) is 5.02. The fraction of sp³-hybridized carbons (Fsp3) is 0.235. The molecule has 0 aliphatic heterocycles. The number of carbonyl (C=O) groups is 1. The quantitative estimate of drug-likeness (QED) is 0.809. The van der Waals surface area contributed by atoms with Gasteiger partial charge in [0, 0.05) is 12.0 Å². The van der Waals surface area contributed by atoms with E-state index in [0.29, 0.717) is 6.42 Å². The van der Waals surface area contributed by atoms with Gasteiger partial charge in [0.05, 0.1) is 14.2 Å². The van der Waals surface area contributed by atoms with Crippen molar-refractivity contribution >= 4 is 21.7 Å². The molecule has 0 saturated heterocycles. The smallest absolute Gasteiger partial charge is 0.144 e. The molecule has 4 heteroatoms. The number of halogens is 1. The molecule has 0 aromatic heterocycles. The molecule has 110 valence electrons. The first kappa shape index (κ1) is 15.6. The molecule has 0 N–H and O–H groups in total. The maximum atomic E-state index is 11.1. The lowest BCUT2D eigenvalue weighted by atomic mass is 10.0. The second kappa shape index (κ2) is 6.76. The van der Waals surface area contributed by atoms with Crippen LogP contribution in [0.1, 0.15) is 12.5 Å². The highest BCUT2D eigenvalue weighted by molar-refractivity contribution is 9.10. The van der Waals surface area contributed by atoms with Gasteiger partial charge in [0.25, 0.3) is 0 Å². The van der Waals surface area contributed by atoms with Crippen LogP contribution in [0.15, 0.2) is 40.9 Å². The van der Waals surface area contributed by atoms with Crippen molar-refractivity contribution in [1.29, 1.82) is 0 Å². The van der Waals surface area contributed by atoms with E-state index in [-0.39, 0.29) is 5.78 Å². The predicted octanol–water partition coefficient (Wildman–Crippen LogP) is 4.26. The molecule has 0 aliphatic rings. The van der Waals surface area contributed by atoms with Crippen molar-refractivity contribution in [3.63, 3.8) is 0 Å². The van der Waals surface area contributed by atoms with Crippen molar-refractivity contribution < 1.29 is 14.3 Å². The molecule has 2 aromatic rings. The summed E-state index contributed by atoms with van der Waals surface area (Å²) in [6, 6.07) is 11.8. The number of carbonyl (C=O) groups excluding carboxylic acids is 1. The van der Waals surface area contributed by atoms with Gasteiger partial charge in [-0.3, -0.25) is 4.79 Å². The summed E-state index contributed by atoms with van der Waals surface area (Å²) in [6.45, 7) is 1.59. The van der Waals surface area contributed by atoms with Crippen LogP contribution in [0.25, 0.3) is 11.1 Å². The van der Waals surface area contributed by atoms with Crippen molar-refractivity contribution in [2.45, 2.75) is 13.3 Å². The van der Waals surface area contributed by atoms with E-state index in [1.165, 1.54) is 0 Å². The van der Waals surface area contributed by atoms with E-state index in [4.69, 9.17) is 9.47 Å². The van der Waals surface area contributed by atoms with Crippen molar-refractivity contribution in [1.82, 2.24) is 0 Å². The van der Waals surface area contributed by atoms with E-state index in [1.807, 2.05) is 36.4 Å². The van der Waals surface area contributed by atoms with Gasteiger partial charge in [-0.1, -0.05) is 24.3 Å². The number of rotatable bonds is 5. The second-order valence-corrected chi connectivity index (χ2v) is 5.53. The van der Waals surface area contributed by atoms with Gasteiger partial charge in [-0.2, -0.15) is 0 Å². The number of ketones is 1. The zero-order valence-corrected chi connectivity index (χ0v) is 13.9. The minimum atomic E-state index is 0.160. The summed E-state index contributed by atoms with van der Waals surface area (Å²) >= 11 is 3.50. The highest BCUT2D eigenvalue weighted by Gasteiger charge is 2.14. The maximum Gasteiger partial charge on any atom is 0.144 e. The third-order valence-electron chi connectivity index (χ3n) is 3.20. The van der Waals surface area contributed by atoms with Crippen LogP contribution in [0.5, 0.6) is 11.5 Å². The molecule has 0 aliphatic carbocycles. The number of methoxy groups -OCH3 is 2. The number of Topliss-reactive ketones (excluding diaryl/α,β-unsaturated/α-hetero) is 1. The Bertz CT molecular complexity index is 648. The number of benzene rings is 2.